The van der Waals surface area contributed by atoms with Crippen molar-refractivity contribution >= 4 is 6.03 Å². The van der Waals surface area contributed by atoms with Gasteiger partial charge in [0.1, 0.15) is 0 Å². The van der Waals surface area contributed by atoms with E-state index in [9.17, 15) is 4.79 Å². The Kier molecular flexibility index (Phi) is 1.29. The summed E-state index contributed by atoms with van der Waals surface area (Å²) in [4.78, 5) is 13.1. The van der Waals surface area contributed by atoms with E-state index in [1.165, 1.54) is 12.8 Å². The van der Waals surface area contributed by atoms with Gasteiger partial charge < -0.3 is 10.2 Å². The van der Waals surface area contributed by atoms with Crippen LogP contribution in [0.15, 0.2) is 0 Å². The van der Waals surface area contributed by atoms with E-state index in [1.54, 1.807) is 19.0 Å². The van der Waals surface area contributed by atoms with Crippen LogP contribution in [-0.4, -0.2) is 31.1 Å². The fourth-order valence-corrected chi connectivity index (χ4v) is 3.56. The van der Waals surface area contributed by atoms with Crippen LogP contribution in [0.2, 0.25) is 0 Å². The number of amides is 2. The van der Waals surface area contributed by atoms with E-state index in [0.717, 1.165) is 23.7 Å². The summed E-state index contributed by atoms with van der Waals surface area (Å²) in [7, 11) is 3.61. The molecular formula is C10H16N2O. The monoisotopic (exact) mass is 180 g/mol. The molecular weight excluding hydrogens is 164 g/mol. The van der Waals surface area contributed by atoms with Gasteiger partial charge in [-0.2, -0.15) is 0 Å². The second-order valence-corrected chi connectivity index (χ2v) is 5.01. The van der Waals surface area contributed by atoms with E-state index in [-0.39, 0.29) is 6.03 Å². The van der Waals surface area contributed by atoms with Crippen LogP contribution in [0.3, 0.4) is 0 Å². The molecule has 0 aromatic heterocycles. The van der Waals surface area contributed by atoms with Gasteiger partial charge in [-0.25, -0.2) is 4.79 Å². The zero-order chi connectivity index (χ0) is 9.16. The summed E-state index contributed by atoms with van der Waals surface area (Å²) < 4.78 is 0. The maximum Gasteiger partial charge on any atom is 0.317 e. The highest BCUT2D eigenvalue weighted by Crippen LogP contribution is 2.70. The predicted molar refractivity (Wildman–Crippen MR) is 49.2 cm³/mol. The van der Waals surface area contributed by atoms with Gasteiger partial charge in [0.15, 0.2) is 0 Å². The molecule has 0 spiro atoms. The molecule has 72 valence electrons. The first-order valence-electron chi connectivity index (χ1n) is 5.16. The van der Waals surface area contributed by atoms with Gasteiger partial charge in [-0.05, 0) is 36.5 Å². The van der Waals surface area contributed by atoms with Crippen molar-refractivity contribution in [3.8, 4) is 0 Å². The van der Waals surface area contributed by atoms with Crippen LogP contribution < -0.4 is 5.32 Å². The van der Waals surface area contributed by atoms with Gasteiger partial charge >= 0.3 is 6.03 Å². The summed E-state index contributed by atoms with van der Waals surface area (Å²) in [6.07, 6.45) is 2.77. The van der Waals surface area contributed by atoms with Gasteiger partial charge in [0.25, 0.3) is 0 Å². The molecule has 3 heteroatoms. The fraction of sp³-hybridized carbons (Fsp3) is 0.900. The third-order valence-electron chi connectivity index (χ3n) is 4.17. The molecule has 0 aliphatic heterocycles. The molecule has 4 aliphatic rings. The second kappa shape index (κ2) is 2.20. The molecule has 0 aromatic carbocycles. The van der Waals surface area contributed by atoms with E-state index in [2.05, 4.69) is 5.32 Å². The second-order valence-electron chi connectivity index (χ2n) is 5.01. The highest BCUT2D eigenvalue weighted by atomic mass is 16.2. The maximum atomic E-state index is 11.4. The van der Waals surface area contributed by atoms with Crippen molar-refractivity contribution in [3.05, 3.63) is 0 Å². The number of nitrogens with zero attached hydrogens (tertiary/aromatic N) is 1. The van der Waals surface area contributed by atoms with Crippen molar-refractivity contribution in [2.24, 2.45) is 23.7 Å². The van der Waals surface area contributed by atoms with Crippen molar-refractivity contribution < 1.29 is 4.79 Å². The third-order valence-corrected chi connectivity index (χ3v) is 4.17. The smallest absolute Gasteiger partial charge is 0.317 e. The molecule has 2 amide bonds. The molecule has 4 saturated carbocycles. The Hall–Kier alpha value is -0.730. The highest BCUT2D eigenvalue weighted by molar-refractivity contribution is 5.74. The Morgan fingerprint density at radius 2 is 1.92 bits per heavy atom. The lowest BCUT2D eigenvalue weighted by Gasteiger charge is -2.20. The maximum absolute atomic E-state index is 11.4. The minimum atomic E-state index is 0.0863. The quantitative estimate of drug-likeness (QED) is 0.639. The normalized spacial score (nSPS) is 49.2. The average molecular weight is 180 g/mol. The largest absolute Gasteiger partial charge is 0.335 e. The standard InChI is InChI=1S/C10H16N2O/c1-12(2)10(13)11-9-5-3-6-7(4-5)8(6)9/h5-9H,3-4H2,1-2H3,(H,11,13). The lowest BCUT2D eigenvalue weighted by atomic mass is 10.1. The van der Waals surface area contributed by atoms with Crippen molar-refractivity contribution in [1.29, 1.82) is 0 Å². The number of urea groups is 1. The van der Waals surface area contributed by atoms with Crippen LogP contribution in [0.5, 0.6) is 0 Å². The van der Waals surface area contributed by atoms with Gasteiger partial charge in [0.05, 0.1) is 0 Å². The molecule has 4 aliphatic carbocycles. The summed E-state index contributed by atoms with van der Waals surface area (Å²) in [5.74, 6) is 3.63. The van der Waals surface area contributed by atoms with Crippen molar-refractivity contribution in [3.63, 3.8) is 0 Å². The third kappa shape index (κ3) is 0.875. The molecule has 0 aromatic rings. The molecule has 4 bridgehead atoms. The van der Waals surface area contributed by atoms with Crippen molar-refractivity contribution in [2.75, 3.05) is 14.1 Å². The molecule has 0 radical (unpaired) electrons. The van der Waals surface area contributed by atoms with Crippen LogP contribution in [0.1, 0.15) is 12.8 Å². The Morgan fingerprint density at radius 1 is 1.31 bits per heavy atom. The Balaban J connectivity index is 1.66. The van der Waals surface area contributed by atoms with Gasteiger partial charge in [-0.15, -0.1) is 0 Å². The van der Waals surface area contributed by atoms with E-state index in [1.807, 2.05) is 0 Å². The van der Waals surface area contributed by atoms with Crippen LogP contribution >= 0.6 is 0 Å². The van der Waals surface area contributed by atoms with Crippen LogP contribution in [0.4, 0.5) is 4.79 Å². The SMILES string of the molecule is CN(C)C(=O)NC1C2CC3C(C2)C31. The molecule has 1 N–H and O–H groups in total. The van der Waals surface area contributed by atoms with Crippen molar-refractivity contribution in [1.82, 2.24) is 10.2 Å². The number of hydrogen-bond donors (Lipinski definition) is 1. The molecule has 4 rings (SSSR count). The lowest BCUT2D eigenvalue weighted by molar-refractivity contribution is 0.210. The summed E-state index contributed by atoms with van der Waals surface area (Å²) >= 11 is 0. The first-order valence-corrected chi connectivity index (χ1v) is 5.16. The Labute approximate surface area is 78.5 Å². The molecule has 3 nitrogen and oxygen atoms in total. The summed E-state index contributed by atoms with van der Waals surface area (Å²) in [6, 6.07) is 0.605. The van der Waals surface area contributed by atoms with E-state index in [0.29, 0.717) is 6.04 Å². The highest BCUT2D eigenvalue weighted by Gasteiger charge is 2.68. The van der Waals surface area contributed by atoms with Gasteiger partial charge in [0.2, 0.25) is 0 Å². The number of rotatable bonds is 1. The minimum Gasteiger partial charge on any atom is -0.335 e. The molecule has 0 saturated heterocycles. The zero-order valence-electron chi connectivity index (χ0n) is 8.16. The Morgan fingerprint density at radius 3 is 2.31 bits per heavy atom. The number of nitrogens with one attached hydrogen (secondary N) is 1. The predicted octanol–water partition coefficient (Wildman–Crippen LogP) is 0.912. The lowest BCUT2D eigenvalue weighted by Crippen LogP contribution is -2.43. The first-order chi connectivity index (χ1) is 6.18. The van der Waals surface area contributed by atoms with Gasteiger partial charge in [0, 0.05) is 20.1 Å². The van der Waals surface area contributed by atoms with E-state index >= 15 is 0 Å². The summed E-state index contributed by atoms with van der Waals surface area (Å²) in [5.41, 5.74) is 0. The fourth-order valence-electron chi connectivity index (χ4n) is 3.56. The van der Waals surface area contributed by atoms with Crippen LogP contribution in [-0.2, 0) is 0 Å². The van der Waals surface area contributed by atoms with E-state index < -0.39 is 0 Å². The summed E-state index contributed by atoms with van der Waals surface area (Å²) in [6.45, 7) is 0. The molecule has 3 atom stereocenters. The van der Waals surface area contributed by atoms with E-state index in [4.69, 9.17) is 0 Å². The van der Waals surface area contributed by atoms with Gasteiger partial charge in [-0.1, -0.05) is 0 Å². The minimum absolute atomic E-state index is 0.0863. The first kappa shape index (κ1) is 7.65. The molecule has 13 heavy (non-hydrogen) atoms. The van der Waals surface area contributed by atoms with Crippen molar-refractivity contribution in [2.45, 2.75) is 18.9 Å². The van der Waals surface area contributed by atoms with Crippen LogP contribution in [0, 0.1) is 23.7 Å². The Bertz CT molecular complexity index is 250. The zero-order valence-corrected chi connectivity index (χ0v) is 8.16. The number of carbonyl (C=O) groups excluding carboxylic acids is 1. The van der Waals surface area contributed by atoms with Gasteiger partial charge in [-0.3, -0.25) is 0 Å². The topological polar surface area (TPSA) is 32.3 Å². The van der Waals surface area contributed by atoms with Crippen LogP contribution in [0.25, 0.3) is 0 Å². The number of carbonyl (C=O) groups is 1. The molecule has 3 unspecified atom stereocenters. The number of hydrogen-bond acceptors (Lipinski definition) is 1. The molecule has 4 fully saturated rings. The average Bonchev–Trinajstić information content (AvgIpc) is 2.53. The molecule has 0 heterocycles. The summed E-state index contributed by atoms with van der Waals surface area (Å²) in [5, 5.41) is 3.15.